The molecule has 1 saturated carbocycles. The smallest absolute Gasteiger partial charge is 0.163 e. The van der Waals surface area contributed by atoms with Gasteiger partial charge in [0.25, 0.3) is 0 Å². The van der Waals surface area contributed by atoms with E-state index in [0.29, 0.717) is 6.10 Å². The van der Waals surface area contributed by atoms with Gasteiger partial charge in [0.05, 0.1) is 19.4 Å². The molecule has 0 spiro atoms. The summed E-state index contributed by atoms with van der Waals surface area (Å²) in [5.41, 5.74) is 2.13. The molecule has 3 rings (SSSR count). The predicted molar refractivity (Wildman–Crippen MR) is 81.8 cm³/mol. The van der Waals surface area contributed by atoms with E-state index >= 15 is 0 Å². The number of benzene rings is 1. The van der Waals surface area contributed by atoms with Crippen LogP contribution in [0.5, 0.6) is 11.5 Å². The topological polar surface area (TPSA) is 59.2 Å². The van der Waals surface area contributed by atoms with E-state index < -0.39 is 0 Å². The lowest BCUT2D eigenvalue weighted by Crippen LogP contribution is -2.11. The van der Waals surface area contributed by atoms with Crippen LogP contribution in [-0.4, -0.2) is 23.4 Å². The summed E-state index contributed by atoms with van der Waals surface area (Å²) >= 11 is 0. The fraction of sp³-hybridized carbons (Fsp3) is 0.438. The minimum absolute atomic E-state index is 0.322. The third-order valence-electron chi connectivity index (χ3n) is 3.81. The van der Waals surface area contributed by atoms with Crippen LogP contribution in [0.3, 0.4) is 0 Å². The molecule has 1 heterocycles. The van der Waals surface area contributed by atoms with E-state index in [1.807, 2.05) is 30.6 Å². The van der Waals surface area contributed by atoms with Crippen LogP contribution < -0.4 is 14.8 Å². The molecule has 0 unspecified atom stereocenters. The lowest BCUT2D eigenvalue weighted by atomic mass is 10.2. The highest BCUT2D eigenvalue weighted by atomic mass is 16.5. The molecule has 0 bridgehead atoms. The van der Waals surface area contributed by atoms with Crippen molar-refractivity contribution >= 4 is 5.69 Å². The van der Waals surface area contributed by atoms with Crippen LogP contribution in [0.15, 0.2) is 30.6 Å². The van der Waals surface area contributed by atoms with Crippen molar-refractivity contribution in [2.24, 2.45) is 0 Å². The van der Waals surface area contributed by atoms with Crippen molar-refractivity contribution in [3.05, 3.63) is 36.2 Å². The van der Waals surface area contributed by atoms with Crippen LogP contribution in [-0.2, 0) is 6.54 Å². The molecule has 1 fully saturated rings. The van der Waals surface area contributed by atoms with E-state index in [-0.39, 0.29) is 0 Å². The number of nitrogens with one attached hydrogen (secondary N) is 2. The Hall–Kier alpha value is -2.17. The van der Waals surface area contributed by atoms with Crippen molar-refractivity contribution in [2.45, 2.75) is 38.3 Å². The Balaban J connectivity index is 1.69. The van der Waals surface area contributed by atoms with Gasteiger partial charge in [-0.25, -0.2) is 0 Å². The molecule has 1 aromatic carbocycles. The maximum atomic E-state index is 6.09. The molecule has 0 radical (unpaired) electrons. The van der Waals surface area contributed by atoms with Gasteiger partial charge in [-0.3, -0.25) is 5.10 Å². The predicted octanol–water partition coefficient (Wildman–Crippen LogP) is 3.35. The number of rotatable bonds is 6. The van der Waals surface area contributed by atoms with Gasteiger partial charge in [0, 0.05) is 30.1 Å². The number of anilines is 1. The Morgan fingerprint density at radius 3 is 2.86 bits per heavy atom. The molecule has 0 saturated heterocycles. The van der Waals surface area contributed by atoms with Gasteiger partial charge in [-0.2, -0.15) is 5.10 Å². The first-order valence-corrected chi connectivity index (χ1v) is 7.41. The number of ether oxygens (including phenoxy) is 2. The molecule has 0 aliphatic heterocycles. The SMILES string of the molecule is COc1ccc(NCc2cn[nH]c2)cc1OC1CCCC1. The zero-order valence-electron chi connectivity index (χ0n) is 12.3. The average Bonchev–Trinajstić information content (AvgIpc) is 3.18. The van der Waals surface area contributed by atoms with Crippen LogP contribution >= 0.6 is 0 Å². The first-order chi connectivity index (χ1) is 10.3. The molecular formula is C16H21N3O2. The molecule has 5 heteroatoms. The molecule has 112 valence electrons. The first-order valence-electron chi connectivity index (χ1n) is 7.41. The van der Waals surface area contributed by atoms with Crippen LogP contribution in [0.4, 0.5) is 5.69 Å². The van der Waals surface area contributed by atoms with Gasteiger partial charge in [0.15, 0.2) is 11.5 Å². The van der Waals surface area contributed by atoms with Crippen molar-refractivity contribution in [1.29, 1.82) is 0 Å². The number of hydrogen-bond acceptors (Lipinski definition) is 4. The van der Waals surface area contributed by atoms with E-state index in [1.165, 1.54) is 12.8 Å². The Morgan fingerprint density at radius 1 is 1.29 bits per heavy atom. The van der Waals surface area contributed by atoms with Crippen molar-refractivity contribution in [2.75, 3.05) is 12.4 Å². The van der Waals surface area contributed by atoms with Gasteiger partial charge < -0.3 is 14.8 Å². The Bertz CT molecular complexity index is 563. The number of nitrogens with zero attached hydrogens (tertiary/aromatic N) is 1. The highest BCUT2D eigenvalue weighted by Gasteiger charge is 2.18. The molecule has 1 aromatic heterocycles. The third-order valence-corrected chi connectivity index (χ3v) is 3.81. The highest BCUT2D eigenvalue weighted by Crippen LogP contribution is 2.33. The van der Waals surface area contributed by atoms with Crippen molar-refractivity contribution in [1.82, 2.24) is 10.2 Å². The quantitative estimate of drug-likeness (QED) is 0.855. The van der Waals surface area contributed by atoms with Gasteiger partial charge >= 0.3 is 0 Å². The van der Waals surface area contributed by atoms with Gasteiger partial charge in [-0.1, -0.05) is 0 Å². The monoisotopic (exact) mass is 287 g/mol. The van der Waals surface area contributed by atoms with Crippen LogP contribution in [0.25, 0.3) is 0 Å². The van der Waals surface area contributed by atoms with Crippen molar-refractivity contribution < 1.29 is 9.47 Å². The van der Waals surface area contributed by atoms with Crippen LogP contribution in [0.1, 0.15) is 31.2 Å². The van der Waals surface area contributed by atoms with Gasteiger partial charge in [-0.05, 0) is 37.8 Å². The Kier molecular flexibility index (Phi) is 4.28. The summed E-state index contributed by atoms with van der Waals surface area (Å²) in [7, 11) is 1.68. The zero-order valence-corrected chi connectivity index (χ0v) is 12.3. The normalized spacial score (nSPS) is 15.1. The lowest BCUT2D eigenvalue weighted by molar-refractivity contribution is 0.201. The first kappa shape index (κ1) is 13.8. The fourth-order valence-corrected chi connectivity index (χ4v) is 2.64. The summed E-state index contributed by atoms with van der Waals surface area (Å²) in [4.78, 5) is 0. The molecule has 2 N–H and O–H groups in total. The molecule has 0 amide bonds. The summed E-state index contributed by atoms with van der Waals surface area (Å²) in [6, 6.07) is 5.96. The van der Waals surface area contributed by atoms with Gasteiger partial charge in [0.2, 0.25) is 0 Å². The molecular weight excluding hydrogens is 266 g/mol. The fourth-order valence-electron chi connectivity index (χ4n) is 2.64. The van der Waals surface area contributed by atoms with Crippen LogP contribution in [0, 0.1) is 0 Å². The molecule has 5 nitrogen and oxygen atoms in total. The number of aromatic amines is 1. The molecule has 21 heavy (non-hydrogen) atoms. The lowest BCUT2D eigenvalue weighted by Gasteiger charge is -2.17. The molecule has 1 aliphatic carbocycles. The maximum Gasteiger partial charge on any atom is 0.163 e. The molecule has 2 aromatic rings. The zero-order chi connectivity index (χ0) is 14.5. The average molecular weight is 287 g/mol. The largest absolute Gasteiger partial charge is 0.493 e. The molecule has 1 aliphatic rings. The van der Waals surface area contributed by atoms with Crippen molar-refractivity contribution in [3.8, 4) is 11.5 Å². The Labute approximate surface area is 124 Å². The third kappa shape index (κ3) is 3.48. The second kappa shape index (κ2) is 6.52. The standard InChI is InChI=1S/C16H21N3O2/c1-20-15-7-6-13(17-9-12-10-18-19-11-12)8-16(15)21-14-4-2-3-5-14/h6-8,10-11,14,17H,2-5,9H2,1H3,(H,18,19). The number of hydrogen-bond donors (Lipinski definition) is 2. The minimum atomic E-state index is 0.322. The summed E-state index contributed by atoms with van der Waals surface area (Å²) in [6.07, 6.45) is 8.80. The Morgan fingerprint density at radius 2 is 2.14 bits per heavy atom. The minimum Gasteiger partial charge on any atom is -0.493 e. The van der Waals surface area contributed by atoms with E-state index in [4.69, 9.17) is 9.47 Å². The second-order valence-corrected chi connectivity index (χ2v) is 5.35. The summed E-state index contributed by atoms with van der Waals surface area (Å²) in [5, 5.41) is 10.1. The van der Waals surface area contributed by atoms with Crippen LogP contribution in [0.2, 0.25) is 0 Å². The summed E-state index contributed by atoms with van der Waals surface area (Å²) < 4.78 is 11.5. The van der Waals surface area contributed by atoms with E-state index in [1.54, 1.807) is 7.11 Å². The number of H-pyrrole nitrogens is 1. The summed E-state index contributed by atoms with van der Waals surface area (Å²) in [5.74, 6) is 1.61. The van der Waals surface area contributed by atoms with E-state index in [9.17, 15) is 0 Å². The van der Waals surface area contributed by atoms with Gasteiger partial charge in [0.1, 0.15) is 0 Å². The highest BCUT2D eigenvalue weighted by molar-refractivity contribution is 5.55. The number of methoxy groups -OCH3 is 1. The van der Waals surface area contributed by atoms with Crippen molar-refractivity contribution in [3.63, 3.8) is 0 Å². The maximum absolute atomic E-state index is 6.09. The number of aromatic nitrogens is 2. The molecule has 0 atom stereocenters. The van der Waals surface area contributed by atoms with Gasteiger partial charge in [-0.15, -0.1) is 0 Å². The van der Waals surface area contributed by atoms with E-state index in [0.717, 1.165) is 42.1 Å². The second-order valence-electron chi connectivity index (χ2n) is 5.35. The van der Waals surface area contributed by atoms with E-state index in [2.05, 4.69) is 15.5 Å². The summed E-state index contributed by atoms with van der Waals surface area (Å²) in [6.45, 7) is 0.728.